The molecule has 1 heterocycles. The molecule has 110 valence electrons. The maximum absolute atomic E-state index is 12.3. The van der Waals surface area contributed by atoms with Crippen molar-refractivity contribution in [3.63, 3.8) is 0 Å². The highest BCUT2D eigenvalue weighted by atomic mass is 16.3. The summed E-state index contributed by atoms with van der Waals surface area (Å²) in [5, 5.41) is 18.1. The number of aliphatic hydroxyl groups excluding tert-OH is 1. The van der Waals surface area contributed by atoms with E-state index in [-0.39, 0.29) is 18.2 Å². The Hall–Kier alpha value is -2.21. The minimum atomic E-state index is -0.630. The van der Waals surface area contributed by atoms with Gasteiger partial charge in [-0.2, -0.15) is 5.10 Å². The zero-order valence-corrected chi connectivity index (χ0v) is 11.7. The van der Waals surface area contributed by atoms with Crippen molar-refractivity contribution >= 4 is 17.5 Å². The zero-order valence-electron chi connectivity index (χ0n) is 11.7. The van der Waals surface area contributed by atoms with Gasteiger partial charge in [0.05, 0.1) is 12.1 Å². The number of nitrogens with zero attached hydrogens (tertiary/aromatic N) is 2. The normalized spacial score (nSPS) is 24.6. The van der Waals surface area contributed by atoms with E-state index in [0.717, 1.165) is 11.1 Å². The maximum atomic E-state index is 12.3. The molecule has 2 amide bonds. The van der Waals surface area contributed by atoms with Crippen molar-refractivity contribution in [3.8, 4) is 0 Å². The molecule has 0 aromatic heterocycles. The van der Waals surface area contributed by atoms with Crippen LogP contribution in [0.3, 0.4) is 0 Å². The Morgan fingerprint density at radius 1 is 1.38 bits per heavy atom. The lowest BCUT2D eigenvalue weighted by molar-refractivity contribution is -0.130. The largest absolute Gasteiger partial charge is 0.390 e. The van der Waals surface area contributed by atoms with Crippen molar-refractivity contribution in [1.82, 2.24) is 10.3 Å². The van der Waals surface area contributed by atoms with Gasteiger partial charge in [-0.3, -0.25) is 9.59 Å². The maximum Gasteiger partial charge on any atom is 0.268 e. The Balaban J connectivity index is 1.77. The number of carbonyl (C=O) groups excluding carboxylic acids is 2. The number of carbonyl (C=O) groups is 2. The fourth-order valence-corrected chi connectivity index (χ4v) is 2.81. The van der Waals surface area contributed by atoms with Crippen LogP contribution in [-0.2, 0) is 16.0 Å². The SMILES string of the molecule is CN1N=C(C(=O)NC2c3ccccc3CC2O)CCC1=O. The summed E-state index contributed by atoms with van der Waals surface area (Å²) < 4.78 is 0. The average Bonchev–Trinajstić information content (AvgIpc) is 2.78. The van der Waals surface area contributed by atoms with Crippen LogP contribution in [0.25, 0.3) is 0 Å². The topological polar surface area (TPSA) is 82.0 Å². The van der Waals surface area contributed by atoms with Crippen LogP contribution in [0, 0.1) is 0 Å². The van der Waals surface area contributed by atoms with E-state index in [1.165, 1.54) is 12.1 Å². The molecule has 6 nitrogen and oxygen atoms in total. The van der Waals surface area contributed by atoms with E-state index in [0.29, 0.717) is 18.6 Å². The Morgan fingerprint density at radius 3 is 2.90 bits per heavy atom. The van der Waals surface area contributed by atoms with Crippen molar-refractivity contribution in [2.75, 3.05) is 7.05 Å². The van der Waals surface area contributed by atoms with Crippen LogP contribution in [0.4, 0.5) is 0 Å². The molecule has 0 fully saturated rings. The van der Waals surface area contributed by atoms with Gasteiger partial charge in [-0.25, -0.2) is 5.01 Å². The summed E-state index contributed by atoms with van der Waals surface area (Å²) in [4.78, 5) is 23.6. The molecule has 1 aliphatic carbocycles. The third-order valence-corrected chi connectivity index (χ3v) is 3.96. The molecule has 2 unspecified atom stereocenters. The van der Waals surface area contributed by atoms with Crippen LogP contribution in [0.2, 0.25) is 0 Å². The van der Waals surface area contributed by atoms with Crippen molar-refractivity contribution in [3.05, 3.63) is 35.4 Å². The first kappa shape index (κ1) is 13.8. The van der Waals surface area contributed by atoms with Crippen LogP contribution < -0.4 is 5.32 Å². The van der Waals surface area contributed by atoms with E-state index in [1.807, 2.05) is 24.3 Å². The van der Waals surface area contributed by atoms with Crippen molar-refractivity contribution in [2.24, 2.45) is 5.10 Å². The number of hydrogen-bond acceptors (Lipinski definition) is 4. The molecule has 3 rings (SSSR count). The highest BCUT2D eigenvalue weighted by molar-refractivity contribution is 6.39. The first-order valence-electron chi connectivity index (χ1n) is 6.97. The summed E-state index contributed by atoms with van der Waals surface area (Å²) in [6.07, 6.45) is 0.521. The van der Waals surface area contributed by atoms with Gasteiger partial charge in [0.15, 0.2) is 0 Å². The number of hydrogen-bond donors (Lipinski definition) is 2. The highest BCUT2D eigenvalue weighted by Crippen LogP contribution is 2.31. The van der Waals surface area contributed by atoms with E-state index < -0.39 is 12.1 Å². The fourth-order valence-electron chi connectivity index (χ4n) is 2.81. The molecule has 0 saturated carbocycles. The lowest BCUT2D eigenvalue weighted by atomic mass is 10.1. The monoisotopic (exact) mass is 287 g/mol. The summed E-state index contributed by atoms with van der Waals surface area (Å²) in [6, 6.07) is 7.26. The van der Waals surface area contributed by atoms with Crippen LogP contribution in [0.1, 0.15) is 30.0 Å². The van der Waals surface area contributed by atoms with Crippen LogP contribution in [0.15, 0.2) is 29.4 Å². The number of nitrogens with one attached hydrogen (secondary N) is 1. The van der Waals surface area contributed by atoms with Gasteiger partial charge in [-0.15, -0.1) is 0 Å². The molecule has 1 aliphatic heterocycles. The molecular formula is C15H17N3O3. The Bertz CT molecular complexity index is 626. The Labute approximate surface area is 122 Å². The first-order valence-corrected chi connectivity index (χ1v) is 6.97. The van der Waals surface area contributed by atoms with Crippen molar-refractivity contribution in [2.45, 2.75) is 31.4 Å². The number of rotatable bonds is 2. The summed E-state index contributed by atoms with van der Waals surface area (Å²) in [5.41, 5.74) is 2.32. The summed E-state index contributed by atoms with van der Waals surface area (Å²) in [5.74, 6) is -0.423. The second-order valence-electron chi connectivity index (χ2n) is 5.39. The molecule has 21 heavy (non-hydrogen) atoms. The van der Waals surface area contributed by atoms with E-state index in [4.69, 9.17) is 0 Å². The minimum absolute atomic E-state index is 0.0993. The van der Waals surface area contributed by atoms with E-state index in [9.17, 15) is 14.7 Å². The first-order chi connectivity index (χ1) is 10.1. The second kappa shape index (κ2) is 5.29. The standard InChI is InChI=1S/C15H17N3O3/c1-18-13(20)7-6-11(17-18)15(21)16-14-10-5-3-2-4-9(10)8-12(14)19/h2-5,12,14,19H,6-8H2,1H3,(H,16,21). The van der Waals surface area contributed by atoms with Gasteiger partial charge in [0, 0.05) is 26.3 Å². The fraction of sp³-hybridized carbons (Fsp3) is 0.400. The van der Waals surface area contributed by atoms with Gasteiger partial charge in [-0.1, -0.05) is 24.3 Å². The number of fused-ring (bicyclic) bond motifs is 1. The molecule has 0 radical (unpaired) electrons. The average molecular weight is 287 g/mol. The Morgan fingerprint density at radius 2 is 2.14 bits per heavy atom. The number of benzene rings is 1. The molecule has 2 atom stereocenters. The molecular weight excluding hydrogens is 270 g/mol. The van der Waals surface area contributed by atoms with Gasteiger partial charge in [0.2, 0.25) is 5.91 Å². The quantitative estimate of drug-likeness (QED) is 0.824. The third kappa shape index (κ3) is 2.54. The van der Waals surface area contributed by atoms with E-state index in [2.05, 4.69) is 10.4 Å². The van der Waals surface area contributed by atoms with Crippen LogP contribution >= 0.6 is 0 Å². The van der Waals surface area contributed by atoms with Gasteiger partial charge in [0.1, 0.15) is 5.71 Å². The van der Waals surface area contributed by atoms with E-state index in [1.54, 1.807) is 0 Å². The number of aliphatic hydroxyl groups is 1. The lowest BCUT2D eigenvalue weighted by Crippen LogP contribution is -2.41. The van der Waals surface area contributed by atoms with Crippen molar-refractivity contribution < 1.29 is 14.7 Å². The molecule has 0 spiro atoms. The predicted octanol–water partition coefficient (Wildman–Crippen LogP) is 0.369. The van der Waals surface area contributed by atoms with Gasteiger partial charge < -0.3 is 10.4 Å². The van der Waals surface area contributed by atoms with Gasteiger partial charge >= 0.3 is 0 Å². The second-order valence-corrected chi connectivity index (χ2v) is 5.39. The Kier molecular flexibility index (Phi) is 3.47. The van der Waals surface area contributed by atoms with Gasteiger partial charge in [0.25, 0.3) is 5.91 Å². The summed E-state index contributed by atoms with van der Waals surface area (Å²) in [6.45, 7) is 0. The predicted molar refractivity (Wildman–Crippen MR) is 76.5 cm³/mol. The molecule has 1 aromatic rings. The molecule has 2 aliphatic rings. The zero-order chi connectivity index (χ0) is 15.0. The third-order valence-electron chi connectivity index (χ3n) is 3.96. The number of amides is 2. The summed E-state index contributed by atoms with van der Waals surface area (Å²) in [7, 11) is 1.54. The molecule has 0 saturated heterocycles. The summed E-state index contributed by atoms with van der Waals surface area (Å²) >= 11 is 0. The van der Waals surface area contributed by atoms with Crippen LogP contribution in [0.5, 0.6) is 0 Å². The minimum Gasteiger partial charge on any atom is -0.390 e. The lowest BCUT2D eigenvalue weighted by Gasteiger charge is -2.22. The molecule has 0 bridgehead atoms. The molecule has 2 N–H and O–H groups in total. The van der Waals surface area contributed by atoms with Gasteiger partial charge in [-0.05, 0) is 11.1 Å². The highest BCUT2D eigenvalue weighted by Gasteiger charge is 2.33. The molecule has 1 aromatic carbocycles. The van der Waals surface area contributed by atoms with Crippen molar-refractivity contribution in [1.29, 1.82) is 0 Å². The van der Waals surface area contributed by atoms with Crippen LogP contribution in [-0.4, -0.2) is 40.8 Å². The van der Waals surface area contributed by atoms with E-state index >= 15 is 0 Å². The smallest absolute Gasteiger partial charge is 0.268 e. The number of hydrazone groups is 1. The molecule has 6 heteroatoms.